The Bertz CT molecular complexity index is 216. The summed E-state index contributed by atoms with van der Waals surface area (Å²) in [6, 6.07) is 0.691. The Morgan fingerprint density at radius 2 is 2.00 bits per heavy atom. The van der Waals surface area contributed by atoms with E-state index >= 15 is 0 Å². The van der Waals surface area contributed by atoms with E-state index in [4.69, 9.17) is 4.74 Å². The van der Waals surface area contributed by atoms with Gasteiger partial charge in [-0.1, -0.05) is 0 Å². The summed E-state index contributed by atoms with van der Waals surface area (Å²) in [6.45, 7) is 1.15. The fourth-order valence-electron chi connectivity index (χ4n) is 3.14. The first-order chi connectivity index (χ1) is 7.69. The minimum absolute atomic E-state index is 0.0171. The van der Waals surface area contributed by atoms with Gasteiger partial charge in [-0.05, 0) is 51.5 Å². The molecule has 0 spiro atoms. The highest BCUT2D eigenvalue weighted by Gasteiger charge is 2.31. The van der Waals surface area contributed by atoms with Crippen LogP contribution in [0.15, 0.2) is 0 Å². The lowest BCUT2D eigenvalue weighted by Crippen LogP contribution is -2.44. The molecule has 3 nitrogen and oxygen atoms in total. The van der Waals surface area contributed by atoms with Crippen LogP contribution in [-0.2, 0) is 4.74 Å². The normalized spacial score (nSPS) is 39.8. The second-order valence-corrected chi connectivity index (χ2v) is 5.61. The average Bonchev–Trinajstić information content (AvgIpc) is 2.27. The van der Waals surface area contributed by atoms with Gasteiger partial charge in [-0.3, -0.25) is 0 Å². The number of methoxy groups -OCH3 is 1. The van der Waals surface area contributed by atoms with Crippen molar-refractivity contribution in [1.82, 2.24) is 4.90 Å². The molecule has 94 valence electrons. The molecule has 0 amide bonds. The van der Waals surface area contributed by atoms with Crippen molar-refractivity contribution in [3.8, 4) is 0 Å². The minimum atomic E-state index is -0.0171. The van der Waals surface area contributed by atoms with Crippen LogP contribution in [0.3, 0.4) is 0 Å². The third-order valence-corrected chi connectivity index (χ3v) is 4.31. The zero-order chi connectivity index (χ0) is 11.5. The molecule has 16 heavy (non-hydrogen) atoms. The molecule has 0 aromatic rings. The second-order valence-electron chi connectivity index (χ2n) is 5.61. The summed E-state index contributed by atoms with van der Waals surface area (Å²) >= 11 is 0. The molecule has 2 atom stereocenters. The maximum atomic E-state index is 9.28. The van der Waals surface area contributed by atoms with Gasteiger partial charge in [0.1, 0.15) is 0 Å². The van der Waals surface area contributed by atoms with Crippen molar-refractivity contribution in [1.29, 1.82) is 0 Å². The molecule has 2 aliphatic rings. The van der Waals surface area contributed by atoms with Crippen LogP contribution in [-0.4, -0.2) is 49.0 Å². The number of nitrogens with zero attached hydrogens (tertiary/aromatic N) is 1. The van der Waals surface area contributed by atoms with Crippen LogP contribution in [0.4, 0.5) is 0 Å². The van der Waals surface area contributed by atoms with E-state index in [1.807, 2.05) is 7.11 Å². The zero-order valence-corrected chi connectivity index (χ0v) is 10.6. The Labute approximate surface area is 98.8 Å². The molecule has 2 unspecified atom stereocenters. The zero-order valence-electron chi connectivity index (χ0n) is 10.6. The molecule has 0 radical (unpaired) electrons. The smallest absolute Gasteiger partial charge is 0.0586 e. The lowest BCUT2D eigenvalue weighted by molar-refractivity contribution is 0.000913. The fraction of sp³-hybridized carbons (Fsp3) is 1.00. The molecule has 0 aromatic heterocycles. The van der Waals surface area contributed by atoms with Gasteiger partial charge in [0.2, 0.25) is 0 Å². The summed E-state index contributed by atoms with van der Waals surface area (Å²) in [5, 5.41) is 9.28. The fourth-order valence-corrected chi connectivity index (χ4v) is 3.14. The highest BCUT2D eigenvalue weighted by atomic mass is 16.5. The van der Waals surface area contributed by atoms with Gasteiger partial charge in [-0.15, -0.1) is 0 Å². The van der Waals surface area contributed by atoms with E-state index in [1.54, 1.807) is 0 Å². The molecule has 1 N–H and O–H groups in total. The van der Waals surface area contributed by atoms with Gasteiger partial charge < -0.3 is 14.7 Å². The van der Waals surface area contributed by atoms with Crippen molar-refractivity contribution in [3.05, 3.63) is 0 Å². The van der Waals surface area contributed by atoms with E-state index in [0.717, 1.165) is 25.3 Å². The Balaban J connectivity index is 1.73. The Morgan fingerprint density at radius 1 is 1.25 bits per heavy atom. The van der Waals surface area contributed by atoms with Crippen LogP contribution < -0.4 is 0 Å². The van der Waals surface area contributed by atoms with Gasteiger partial charge in [0.15, 0.2) is 0 Å². The van der Waals surface area contributed by atoms with Crippen LogP contribution in [0, 0.1) is 5.92 Å². The third kappa shape index (κ3) is 2.96. The Morgan fingerprint density at radius 3 is 2.62 bits per heavy atom. The SMILES string of the molecule is COC1CCCC(N(C)CC2CC(O)C2)C1. The molecule has 2 fully saturated rings. The van der Waals surface area contributed by atoms with Crippen LogP contribution in [0.1, 0.15) is 38.5 Å². The molecular formula is C13H25NO2. The van der Waals surface area contributed by atoms with E-state index in [2.05, 4.69) is 11.9 Å². The van der Waals surface area contributed by atoms with E-state index in [1.165, 1.54) is 25.7 Å². The van der Waals surface area contributed by atoms with E-state index in [0.29, 0.717) is 12.1 Å². The molecule has 0 heterocycles. The third-order valence-electron chi connectivity index (χ3n) is 4.31. The summed E-state index contributed by atoms with van der Waals surface area (Å²) in [4.78, 5) is 2.49. The molecule has 0 saturated heterocycles. The van der Waals surface area contributed by atoms with Crippen LogP contribution >= 0.6 is 0 Å². The van der Waals surface area contributed by atoms with Crippen molar-refractivity contribution >= 4 is 0 Å². The van der Waals surface area contributed by atoms with E-state index < -0.39 is 0 Å². The molecule has 0 aromatic carbocycles. The molecule has 2 rings (SSSR count). The lowest BCUT2D eigenvalue weighted by atomic mass is 9.81. The van der Waals surface area contributed by atoms with Gasteiger partial charge in [0.25, 0.3) is 0 Å². The summed E-state index contributed by atoms with van der Waals surface area (Å²) in [6.07, 6.45) is 7.47. The highest BCUT2D eigenvalue weighted by molar-refractivity contribution is 4.85. The molecule has 0 aliphatic heterocycles. The largest absolute Gasteiger partial charge is 0.393 e. The lowest BCUT2D eigenvalue weighted by Gasteiger charge is -2.40. The van der Waals surface area contributed by atoms with Crippen molar-refractivity contribution in [2.45, 2.75) is 56.8 Å². The topological polar surface area (TPSA) is 32.7 Å². The average molecular weight is 227 g/mol. The van der Waals surface area contributed by atoms with Crippen LogP contribution in [0.2, 0.25) is 0 Å². The van der Waals surface area contributed by atoms with Gasteiger partial charge >= 0.3 is 0 Å². The minimum Gasteiger partial charge on any atom is -0.393 e. The number of aliphatic hydroxyl groups is 1. The number of aliphatic hydroxyl groups excluding tert-OH is 1. The van der Waals surface area contributed by atoms with Crippen molar-refractivity contribution in [3.63, 3.8) is 0 Å². The number of ether oxygens (including phenoxy) is 1. The van der Waals surface area contributed by atoms with Crippen molar-refractivity contribution in [2.24, 2.45) is 5.92 Å². The predicted octanol–water partition coefficient (Wildman–Crippen LogP) is 1.65. The quantitative estimate of drug-likeness (QED) is 0.792. The van der Waals surface area contributed by atoms with E-state index in [9.17, 15) is 5.11 Å². The van der Waals surface area contributed by atoms with Crippen LogP contribution in [0.5, 0.6) is 0 Å². The first-order valence-corrected chi connectivity index (χ1v) is 6.60. The van der Waals surface area contributed by atoms with Gasteiger partial charge in [-0.25, -0.2) is 0 Å². The Kier molecular flexibility index (Phi) is 4.22. The van der Waals surface area contributed by atoms with Gasteiger partial charge in [0.05, 0.1) is 12.2 Å². The highest BCUT2D eigenvalue weighted by Crippen LogP contribution is 2.30. The molecular weight excluding hydrogens is 202 g/mol. The number of rotatable bonds is 4. The second kappa shape index (κ2) is 5.48. The Hall–Kier alpha value is -0.120. The van der Waals surface area contributed by atoms with Crippen molar-refractivity contribution in [2.75, 3.05) is 20.7 Å². The summed E-state index contributed by atoms with van der Waals surface area (Å²) in [7, 11) is 4.06. The molecule has 3 heteroatoms. The maximum Gasteiger partial charge on any atom is 0.0586 e. The van der Waals surface area contributed by atoms with Crippen molar-refractivity contribution < 1.29 is 9.84 Å². The summed E-state index contributed by atoms with van der Waals surface area (Å²) in [5.74, 6) is 0.725. The maximum absolute atomic E-state index is 9.28. The molecule has 0 bridgehead atoms. The van der Waals surface area contributed by atoms with E-state index in [-0.39, 0.29) is 6.10 Å². The molecule has 2 aliphatic carbocycles. The van der Waals surface area contributed by atoms with Crippen LogP contribution in [0.25, 0.3) is 0 Å². The predicted molar refractivity (Wildman–Crippen MR) is 64.4 cm³/mol. The first kappa shape index (κ1) is 12.3. The summed E-state index contributed by atoms with van der Waals surface area (Å²) in [5.41, 5.74) is 0. The summed E-state index contributed by atoms with van der Waals surface area (Å²) < 4.78 is 5.47. The number of hydrogen-bond donors (Lipinski definition) is 1. The first-order valence-electron chi connectivity index (χ1n) is 6.60. The van der Waals surface area contributed by atoms with Gasteiger partial charge in [0, 0.05) is 19.7 Å². The number of hydrogen-bond acceptors (Lipinski definition) is 3. The molecule has 2 saturated carbocycles. The standard InChI is InChI=1S/C13H25NO2/c1-14(9-10-6-12(15)7-10)11-4-3-5-13(8-11)16-2/h10-13,15H,3-9H2,1-2H3. The van der Waals surface area contributed by atoms with Gasteiger partial charge in [-0.2, -0.15) is 0 Å². The monoisotopic (exact) mass is 227 g/mol.